The molecule has 2 nitrogen and oxygen atoms in total. The van der Waals surface area contributed by atoms with Crippen LogP contribution in [-0.2, 0) is 4.79 Å². The molecule has 0 aromatic heterocycles. The highest BCUT2D eigenvalue weighted by Gasteiger charge is 2.50. The van der Waals surface area contributed by atoms with Crippen LogP contribution < -0.4 is 0 Å². The van der Waals surface area contributed by atoms with Gasteiger partial charge >= 0.3 is 5.97 Å². The van der Waals surface area contributed by atoms with Crippen molar-refractivity contribution in [2.24, 2.45) is 5.92 Å². The molecule has 0 saturated heterocycles. The van der Waals surface area contributed by atoms with Gasteiger partial charge in [0.2, 0.25) is 0 Å². The third-order valence-electron chi connectivity index (χ3n) is 2.67. The normalized spacial score (nSPS) is 34.3. The Morgan fingerprint density at radius 2 is 2.42 bits per heavy atom. The fraction of sp³-hybridized carbons (Fsp3) is 0.889. The van der Waals surface area contributed by atoms with E-state index in [0.717, 1.165) is 25.0 Å². The Labute approximate surface area is 77.7 Å². The van der Waals surface area contributed by atoms with Gasteiger partial charge in [-0.3, -0.25) is 4.79 Å². The lowest BCUT2D eigenvalue weighted by atomic mass is 9.74. The molecule has 0 aliphatic heterocycles. The average Bonchev–Trinajstić information content (AvgIpc) is 2.02. The smallest absolute Gasteiger partial charge is 0.320 e. The number of aliphatic carboxylic acids is 1. The predicted molar refractivity (Wildman–Crippen MR) is 51.5 cm³/mol. The van der Waals surface area contributed by atoms with Crippen LogP contribution in [-0.4, -0.2) is 21.6 Å². The second-order valence-corrected chi connectivity index (χ2v) is 4.91. The molecule has 0 bridgehead atoms. The summed E-state index contributed by atoms with van der Waals surface area (Å²) in [6, 6.07) is 0. The van der Waals surface area contributed by atoms with E-state index >= 15 is 0 Å². The van der Waals surface area contributed by atoms with Crippen molar-refractivity contribution in [2.45, 2.75) is 37.9 Å². The lowest BCUT2D eigenvalue weighted by Gasteiger charge is -2.43. The van der Waals surface area contributed by atoms with Crippen molar-refractivity contribution in [1.29, 1.82) is 0 Å². The zero-order valence-electron chi connectivity index (χ0n) is 7.67. The Hall–Kier alpha value is -0.180. The fourth-order valence-corrected chi connectivity index (χ4v) is 2.93. The molecule has 1 aliphatic carbocycles. The summed E-state index contributed by atoms with van der Waals surface area (Å²) in [5, 5.41) is 9.06. The summed E-state index contributed by atoms with van der Waals surface area (Å²) in [4.78, 5) is 11.0. The molecule has 1 rings (SSSR count). The topological polar surface area (TPSA) is 37.3 Å². The molecule has 1 N–H and O–H groups in total. The highest BCUT2D eigenvalue weighted by Crippen LogP contribution is 2.49. The van der Waals surface area contributed by atoms with Crippen LogP contribution in [0.3, 0.4) is 0 Å². The molecule has 1 aliphatic rings. The molecule has 0 aromatic carbocycles. The first-order chi connectivity index (χ1) is 5.63. The minimum atomic E-state index is -0.611. The third kappa shape index (κ3) is 1.47. The van der Waals surface area contributed by atoms with E-state index in [-0.39, 0.29) is 0 Å². The number of carboxylic acid groups (broad SMARTS) is 1. The van der Waals surface area contributed by atoms with Crippen LogP contribution >= 0.6 is 11.8 Å². The van der Waals surface area contributed by atoms with Gasteiger partial charge in [-0.1, -0.05) is 13.8 Å². The first kappa shape index (κ1) is 9.90. The first-order valence-electron chi connectivity index (χ1n) is 4.51. The summed E-state index contributed by atoms with van der Waals surface area (Å²) in [7, 11) is 0. The maximum Gasteiger partial charge on any atom is 0.320 e. The Kier molecular flexibility index (Phi) is 3.04. The summed E-state index contributed by atoms with van der Waals surface area (Å²) < 4.78 is -0.435. The summed E-state index contributed by atoms with van der Waals surface area (Å²) in [5.41, 5.74) is 0. The second kappa shape index (κ2) is 3.69. The van der Waals surface area contributed by atoms with Gasteiger partial charge in [-0.15, -0.1) is 11.8 Å². The molecule has 1 saturated carbocycles. The van der Waals surface area contributed by atoms with Gasteiger partial charge in [-0.05, 0) is 30.9 Å². The van der Waals surface area contributed by atoms with Gasteiger partial charge in [0.05, 0.1) is 0 Å². The van der Waals surface area contributed by atoms with Gasteiger partial charge in [0, 0.05) is 0 Å². The molecule has 2 atom stereocenters. The fourth-order valence-electron chi connectivity index (χ4n) is 1.57. The molecule has 0 spiro atoms. The minimum Gasteiger partial charge on any atom is -0.480 e. The maximum absolute atomic E-state index is 11.0. The number of thioether (sulfide) groups is 1. The van der Waals surface area contributed by atoms with Gasteiger partial charge in [0.1, 0.15) is 4.75 Å². The largest absolute Gasteiger partial charge is 0.480 e. The van der Waals surface area contributed by atoms with Crippen molar-refractivity contribution in [3.8, 4) is 0 Å². The Bertz CT molecular complexity index is 181. The lowest BCUT2D eigenvalue weighted by molar-refractivity contribution is -0.144. The van der Waals surface area contributed by atoms with E-state index in [9.17, 15) is 4.79 Å². The van der Waals surface area contributed by atoms with Crippen molar-refractivity contribution in [3.63, 3.8) is 0 Å². The number of hydrogen-bond acceptors (Lipinski definition) is 2. The zero-order valence-corrected chi connectivity index (χ0v) is 8.49. The highest BCUT2D eigenvalue weighted by atomic mass is 32.2. The van der Waals surface area contributed by atoms with Crippen LogP contribution in [0.5, 0.6) is 0 Å². The van der Waals surface area contributed by atoms with Crippen LogP contribution in [0.2, 0.25) is 0 Å². The summed E-state index contributed by atoms with van der Waals surface area (Å²) >= 11 is 1.63. The SMILES string of the molecule is CCCSC1(C(=O)O)CCC1C. The van der Waals surface area contributed by atoms with Gasteiger partial charge < -0.3 is 5.11 Å². The summed E-state index contributed by atoms with van der Waals surface area (Å²) in [6.07, 6.45) is 2.99. The Balaban J connectivity index is 2.55. The molecular weight excluding hydrogens is 172 g/mol. The van der Waals surface area contributed by atoms with Crippen LogP contribution in [0.25, 0.3) is 0 Å². The van der Waals surface area contributed by atoms with Crippen molar-refractivity contribution < 1.29 is 9.90 Å². The van der Waals surface area contributed by atoms with E-state index in [2.05, 4.69) is 6.92 Å². The van der Waals surface area contributed by atoms with Crippen LogP contribution in [0.4, 0.5) is 0 Å². The molecule has 3 heteroatoms. The number of hydrogen-bond donors (Lipinski definition) is 1. The maximum atomic E-state index is 11.0. The number of rotatable bonds is 4. The molecule has 1 fully saturated rings. The molecule has 2 unspecified atom stereocenters. The van der Waals surface area contributed by atoms with E-state index in [0.29, 0.717) is 5.92 Å². The van der Waals surface area contributed by atoms with Gasteiger partial charge in [0.15, 0.2) is 0 Å². The highest BCUT2D eigenvalue weighted by molar-refractivity contribution is 8.01. The predicted octanol–water partition coefficient (Wildman–Crippen LogP) is 2.38. The van der Waals surface area contributed by atoms with Crippen molar-refractivity contribution in [2.75, 3.05) is 5.75 Å². The van der Waals surface area contributed by atoms with E-state index in [1.807, 2.05) is 6.92 Å². The molecule has 0 heterocycles. The Morgan fingerprint density at radius 3 is 2.67 bits per heavy atom. The Morgan fingerprint density at radius 1 is 1.75 bits per heavy atom. The zero-order chi connectivity index (χ0) is 9.19. The standard InChI is InChI=1S/C9H16O2S/c1-3-6-12-9(8(10)11)5-4-7(9)2/h7H,3-6H2,1-2H3,(H,10,11). The van der Waals surface area contributed by atoms with Crippen molar-refractivity contribution >= 4 is 17.7 Å². The third-order valence-corrected chi connectivity index (χ3v) is 4.58. The molecule has 0 radical (unpaired) electrons. The molecule has 0 aromatic rings. The molecule has 0 amide bonds. The van der Waals surface area contributed by atoms with Gasteiger partial charge in [0.25, 0.3) is 0 Å². The van der Waals surface area contributed by atoms with Crippen molar-refractivity contribution in [1.82, 2.24) is 0 Å². The quantitative estimate of drug-likeness (QED) is 0.736. The molecular formula is C9H16O2S. The van der Waals surface area contributed by atoms with E-state index in [1.165, 1.54) is 0 Å². The minimum absolute atomic E-state index is 0.353. The second-order valence-electron chi connectivity index (χ2n) is 3.48. The molecule has 12 heavy (non-hydrogen) atoms. The number of carbonyl (C=O) groups is 1. The van der Waals surface area contributed by atoms with Gasteiger partial charge in [-0.25, -0.2) is 0 Å². The van der Waals surface area contributed by atoms with Crippen LogP contribution in [0.1, 0.15) is 33.1 Å². The summed E-state index contributed by atoms with van der Waals surface area (Å²) in [6.45, 7) is 4.13. The molecule has 70 valence electrons. The summed E-state index contributed by atoms with van der Waals surface area (Å²) in [5.74, 6) is 0.711. The first-order valence-corrected chi connectivity index (χ1v) is 5.49. The van der Waals surface area contributed by atoms with Gasteiger partial charge in [-0.2, -0.15) is 0 Å². The van der Waals surface area contributed by atoms with E-state index in [4.69, 9.17) is 5.11 Å². The van der Waals surface area contributed by atoms with E-state index in [1.54, 1.807) is 11.8 Å². The van der Waals surface area contributed by atoms with E-state index < -0.39 is 10.7 Å². The van der Waals surface area contributed by atoms with Crippen LogP contribution in [0, 0.1) is 5.92 Å². The van der Waals surface area contributed by atoms with Crippen molar-refractivity contribution in [3.05, 3.63) is 0 Å². The average molecular weight is 188 g/mol. The monoisotopic (exact) mass is 188 g/mol. The lowest BCUT2D eigenvalue weighted by Crippen LogP contribution is -2.49. The van der Waals surface area contributed by atoms with Crippen LogP contribution in [0.15, 0.2) is 0 Å². The number of carboxylic acids is 1.